The second-order valence-corrected chi connectivity index (χ2v) is 7.50. The van der Waals surface area contributed by atoms with Crippen LogP contribution in [0.2, 0.25) is 0 Å². The molecule has 1 heterocycles. The molecule has 5 rings (SSSR count). The first-order valence-corrected chi connectivity index (χ1v) is 9.86. The number of carbonyl (C=O) groups is 1. The van der Waals surface area contributed by atoms with Crippen molar-refractivity contribution >= 4 is 33.5 Å². The molecule has 146 valence electrons. The number of nitrogens with zero attached hydrogens (tertiary/aromatic N) is 1. The highest BCUT2D eigenvalue weighted by molar-refractivity contribution is 6.13. The summed E-state index contributed by atoms with van der Waals surface area (Å²) in [6.07, 6.45) is 0. The van der Waals surface area contributed by atoms with Crippen LogP contribution in [0.3, 0.4) is 0 Å². The van der Waals surface area contributed by atoms with E-state index in [-0.39, 0.29) is 5.91 Å². The van der Waals surface area contributed by atoms with Crippen LogP contribution in [0.1, 0.15) is 21.5 Å². The van der Waals surface area contributed by atoms with E-state index in [1.54, 1.807) is 0 Å². The van der Waals surface area contributed by atoms with Gasteiger partial charge >= 0.3 is 0 Å². The van der Waals surface area contributed by atoms with Crippen molar-refractivity contribution < 1.29 is 9.21 Å². The summed E-state index contributed by atoms with van der Waals surface area (Å²) in [6, 6.07) is 25.3. The van der Waals surface area contributed by atoms with Crippen LogP contribution in [0.4, 0.5) is 5.69 Å². The van der Waals surface area contributed by atoms with Crippen LogP contribution in [0.15, 0.2) is 83.3 Å². The molecule has 0 aliphatic carbocycles. The third-order valence-electron chi connectivity index (χ3n) is 5.30. The molecule has 0 atom stereocenters. The first kappa shape index (κ1) is 18.1. The van der Waals surface area contributed by atoms with Crippen molar-refractivity contribution in [1.82, 2.24) is 4.98 Å². The van der Waals surface area contributed by atoms with Crippen LogP contribution in [0.5, 0.6) is 0 Å². The molecule has 0 fully saturated rings. The summed E-state index contributed by atoms with van der Waals surface area (Å²) in [5, 5.41) is 5.04. The molecule has 0 radical (unpaired) electrons. The molecule has 1 N–H and O–H groups in total. The van der Waals surface area contributed by atoms with Gasteiger partial charge in [0.15, 0.2) is 5.58 Å². The maximum Gasteiger partial charge on any atom is 0.256 e. The van der Waals surface area contributed by atoms with Crippen molar-refractivity contribution in [3.63, 3.8) is 0 Å². The molecule has 4 aromatic carbocycles. The highest BCUT2D eigenvalue weighted by atomic mass is 16.3. The summed E-state index contributed by atoms with van der Waals surface area (Å²) in [5.74, 6) is 0.393. The first-order chi connectivity index (χ1) is 14.6. The van der Waals surface area contributed by atoms with Crippen molar-refractivity contribution in [2.45, 2.75) is 13.8 Å². The highest BCUT2D eigenvalue weighted by Gasteiger charge is 2.13. The Morgan fingerprint density at radius 2 is 1.70 bits per heavy atom. The van der Waals surface area contributed by atoms with Crippen LogP contribution in [0, 0.1) is 13.8 Å². The number of amides is 1. The number of nitrogens with one attached hydrogen (secondary N) is 1. The van der Waals surface area contributed by atoms with Crippen LogP contribution < -0.4 is 5.32 Å². The zero-order valence-electron chi connectivity index (χ0n) is 16.8. The van der Waals surface area contributed by atoms with E-state index in [9.17, 15) is 4.79 Å². The molecule has 1 amide bonds. The maximum absolute atomic E-state index is 13.0. The summed E-state index contributed by atoms with van der Waals surface area (Å²) in [7, 11) is 0. The molecule has 1 aromatic heterocycles. The van der Waals surface area contributed by atoms with Crippen molar-refractivity contribution in [1.29, 1.82) is 0 Å². The molecule has 0 aliphatic heterocycles. The zero-order chi connectivity index (χ0) is 20.7. The van der Waals surface area contributed by atoms with Gasteiger partial charge in [0, 0.05) is 16.8 Å². The monoisotopic (exact) mass is 392 g/mol. The molecule has 0 spiro atoms. The summed E-state index contributed by atoms with van der Waals surface area (Å²) in [6.45, 7) is 4.08. The predicted molar refractivity (Wildman–Crippen MR) is 121 cm³/mol. The van der Waals surface area contributed by atoms with Crippen molar-refractivity contribution in [2.24, 2.45) is 0 Å². The number of hydrogen-bond donors (Lipinski definition) is 1. The number of anilines is 1. The predicted octanol–water partition coefficient (Wildman–Crippen LogP) is 6.52. The summed E-state index contributed by atoms with van der Waals surface area (Å²) >= 11 is 0. The van der Waals surface area contributed by atoms with Crippen LogP contribution >= 0.6 is 0 Å². The Kier molecular flexibility index (Phi) is 4.32. The number of oxazole rings is 1. The van der Waals surface area contributed by atoms with Gasteiger partial charge in [-0.15, -0.1) is 0 Å². The second-order valence-electron chi connectivity index (χ2n) is 7.50. The van der Waals surface area contributed by atoms with E-state index in [1.807, 2.05) is 85.8 Å². The first-order valence-electron chi connectivity index (χ1n) is 9.86. The van der Waals surface area contributed by atoms with E-state index in [0.29, 0.717) is 17.1 Å². The smallest absolute Gasteiger partial charge is 0.256 e. The lowest BCUT2D eigenvalue weighted by Crippen LogP contribution is -2.12. The molecule has 0 saturated carbocycles. The number of aryl methyl sites for hydroxylation is 2. The van der Waals surface area contributed by atoms with E-state index < -0.39 is 0 Å². The number of benzene rings is 4. The van der Waals surface area contributed by atoms with E-state index in [0.717, 1.165) is 38.6 Å². The Morgan fingerprint density at radius 1 is 0.867 bits per heavy atom. The molecule has 30 heavy (non-hydrogen) atoms. The van der Waals surface area contributed by atoms with Crippen molar-refractivity contribution in [3.05, 3.63) is 95.6 Å². The van der Waals surface area contributed by atoms with Gasteiger partial charge in [-0.3, -0.25) is 4.79 Å². The Bertz CT molecular complexity index is 1420. The molecular weight excluding hydrogens is 372 g/mol. The van der Waals surface area contributed by atoms with Crippen molar-refractivity contribution in [3.8, 4) is 11.5 Å². The van der Waals surface area contributed by atoms with Crippen LogP contribution in [-0.4, -0.2) is 10.9 Å². The summed E-state index contributed by atoms with van der Waals surface area (Å²) in [5.41, 5.74) is 6.01. The lowest BCUT2D eigenvalue weighted by Gasteiger charge is -2.10. The van der Waals surface area contributed by atoms with Gasteiger partial charge in [-0.25, -0.2) is 4.98 Å². The molecule has 5 aromatic rings. The summed E-state index contributed by atoms with van der Waals surface area (Å²) < 4.78 is 5.90. The van der Waals surface area contributed by atoms with Gasteiger partial charge in [0.1, 0.15) is 5.52 Å². The average Bonchev–Trinajstić information content (AvgIpc) is 3.17. The van der Waals surface area contributed by atoms with Gasteiger partial charge in [0.25, 0.3) is 5.91 Å². The van der Waals surface area contributed by atoms with E-state index in [1.165, 1.54) is 0 Å². The zero-order valence-corrected chi connectivity index (χ0v) is 16.8. The van der Waals surface area contributed by atoms with Gasteiger partial charge in [0.2, 0.25) is 5.89 Å². The fourth-order valence-electron chi connectivity index (χ4n) is 3.74. The molecule has 4 heteroatoms. The van der Waals surface area contributed by atoms with Gasteiger partial charge in [-0.05, 0) is 72.1 Å². The Hall–Kier alpha value is -3.92. The normalized spacial score (nSPS) is 11.1. The number of fused-ring (bicyclic) bond motifs is 2. The molecule has 0 unspecified atom stereocenters. The third-order valence-corrected chi connectivity index (χ3v) is 5.30. The van der Waals surface area contributed by atoms with Gasteiger partial charge < -0.3 is 9.73 Å². The fourth-order valence-corrected chi connectivity index (χ4v) is 3.74. The van der Waals surface area contributed by atoms with E-state index in [2.05, 4.69) is 17.2 Å². The maximum atomic E-state index is 13.0. The molecule has 0 aliphatic rings. The largest absolute Gasteiger partial charge is 0.436 e. The fraction of sp³-hybridized carbons (Fsp3) is 0.0769. The molecule has 4 nitrogen and oxygen atoms in total. The standard InChI is InChI=1S/C26H20N2O2/c1-16-10-13-24-23(14-16)28-26(30-24)18-6-5-7-19(15-18)27-25(29)22-12-11-17(2)20-8-3-4-9-21(20)22/h3-15H,1-2H3,(H,27,29). The lowest BCUT2D eigenvalue weighted by atomic mass is 10.00. The second kappa shape index (κ2) is 7.16. The molecular formula is C26H20N2O2. The summed E-state index contributed by atoms with van der Waals surface area (Å²) in [4.78, 5) is 17.6. The Morgan fingerprint density at radius 3 is 2.57 bits per heavy atom. The average molecular weight is 392 g/mol. The number of hydrogen-bond acceptors (Lipinski definition) is 3. The number of carbonyl (C=O) groups excluding carboxylic acids is 1. The minimum atomic E-state index is -0.142. The number of aromatic nitrogens is 1. The number of rotatable bonds is 3. The van der Waals surface area contributed by atoms with E-state index >= 15 is 0 Å². The van der Waals surface area contributed by atoms with Gasteiger partial charge in [-0.2, -0.15) is 0 Å². The lowest BCUT2D eigenvalue weighted by molar-refractivity contribution is 0.102. The van der Waals surface area contributed by atoms with Crippen LogP contribution in [0.25, 0.3) is 33.3 Å². The minimum absolute atomic E-state index is 0.142. The third kappa shape index (κ3) is 3.22. The minimum Gasteiger partial charge on any atom is -0.436 e. The van der Waals surface area contributed by atoms with Gasteiger partial charge in [-0.1, -0.05) is 42.5 Å². The topological polar surface area (TPSA) is 55.1 Å². The SMILES string of the molecule is Cc1ccc2oc(-c3cccc(NC(=O)c4ccc(C)c5ccccc45)c3)nc2c1. The Balaban J connectivity index is 1.47. The quantitative estimate of drug-likeness (QED) is 0.380. The molecule has 0 saturated heterocycles. The highest BCUT2D eigenvalue weighted by Crippen LogP contribution is 2.28. The Labute approximate surface area is 174 Å². The van der Waals surface area contributed by atoms with Crippen molar-refractivity contribution in [2.75, 3.05) is 5.32 Å². The van der Waals surface area contributed by atoms with Crippen LogP contribution in [-0.2, 0) is 0 Å². The van der Waals surface area contributed by atoms with E-state index in [4.69, 9.17) is 4.42 Å². The molecule has 0 bridgehead atoms. The van der Waals surface area contributed by atoms with Gasteiger partial charge in [0.05, 0.1) is 0 Å².